The predicted molar refractivity (Wildman–Crippen MR) is 74.8 cm³/mol. The molecular formula is C12H16Cl2N2O. The van der Waals surface area contributed by atoms with Crippen molar-refractivity contribution in [3.8, 4) is 0 Å². The van der Waals surface area contributed by atoms with E-state index in [1.807, 2.05) is 30.3 Å². The molecule has 0 saturated carbocycles. The first kappa shape index (κ1) is 16.1. The van der Waals surface area contributed by atoms with Crippen molar-refractivity contribution >= 4 is 35.7 Å². The minimum Gasteiger partial charge on any atom is -0.387 e. The maximum Gasteiger partial charge on any atom is 0.0953 e. The van der Waals surface area contributed by atoms with E-state index in [9.17, 15) is 5.11 Å². The van der Waals surface area contributed by atoms with Gasteiger partial charge in [0.05, 0.1) is 11.6 Å². The Labute approximate surface area is 113 Å². The van der Waals surface area contributed by atoms with Gasteiger partial charge in [-0.3, -0.25) is 4.98 Å². The monoisotopic (exact) mass is 274 g/mol. The van der Waals surface area contributed by atoms with Crippen molar-refractivity contribution in [2.75, 3.05) is 0 Å². The van der Waals surface area contributed by atoms with Gasteiger partial charge in [-0.15, -0.1) is 24.8 Å². The van der Waals surface area contributed by atoms with Crippen LogP contribution < -0.4 is 5.73 Å². The second-order valence-electron chi connectivity index (χ2n) is 3.77. The van der Waals surface area contributed by atoms with Gasteiger partial charge < -0.3 is 10.8 Å². The molecule has 17 heavy (non-hydrogen) atoms. The summed E-state index contributed by atoms with van der Waals surface area (Å²) in [6, 6.07) is 9.45. The van der Waals surface area contributed by atoms with Gasteiger partial charge in [0.25, 0.3) is 0 Å². The Balaban J connectivity index is 0.00000128. The minimum atomic E-state index is -0.651. The highest BCUT2D eigenvalue weighted by Crippen LogP contribution is 2.19. The molecule has 0 fully saturated rings. The van der Waals surface area contributed by atoms with Crippen LogP contribution in [0.1, 0.15) is 18.6 Å². The van der Waals surface area contributed by atoms with Crippen LogP contribution in [-0.2, 0) is 0 Å². The molecule has 0 aliphatic rings. The summed E-state index contributed by atoms with van der Waals surface area (Å²) in [5, 5.41) is 10.8. The van der Waals surface area contributed by atoms with E-state index >= 15 is 0 Å². The number of hydrogen-bond acceptors (Lipinski definition) is 3. The lowest BCUT2D eigenvalue weighted by Gasteiger charge is -2.14. The van der Waals surface area contributed by atoms with E-state index in [-0.39, 0.29) is 30.9 Å². The molecule has 94 valence electrons. The lowest BCUT2D eigenvalue weighted by Crippen LogP contribution is -2.24. The highest BCUT2D eigenvalue weighted by Gasteiger charge is 2.12. The Kier molecular flexibility index (Phi) is 6.42. The maximum atomic E-state index is 9.79. The first-order valence-electron chi connectivity index (χ1n) is 4.97. The molecule has 2 aromatic rings. The molecule has 1 aromatic carbocycles. The molecule has 0 unspecified atom stereocenters. The lowest BCUT2D eigenvalue weighted by molar-refractivity contribution is 0.153. The quantitative estimate of drug-likeness (QED) is 0.885. The maximum absolute atomic E-state index is 9.79. The van der Waals surface area contributed by atoms with Crippen LogP contribution >= 0.6 is 24.8 Å². The number of aromatic nitrogens is 1. The molecule has 0 radical (unpaired) electrons. The molecule has 1 aromatic heterocycles. The predicted octanol–water partition coefficient (Wildman–Crippen LogP) is 2.46. The molecule has 2 atom stereocenters. The van der Waals surface area contributed by atoms with Crippen LogP contribution in [0.25, 0.3) is 10.9 Å². The van der Waals surface area contributed by atoms with Crippen molar-refractivity contribution in [2.45, 2.75) is 19.1 Å². The van der Waals surface area contributed by atoms with E-state index < -0.39 is 6.10 Å². The first-order chi connectivity index (χ1) is 7.18. The Bertz CT molecular complexity index is 477. The van der Waals surface area contributed by atoms with E-state index in [2.05, 4.69) is 4.98 Å². The van der Waals surface area contributed by atoms with Crippen LogP contribution in [0, 0.1) is 0 Å². The zero-order chi connectivity index (χ0) is 10.8. The van der Waals surface area contributed by atoms with Crippen molar-refractivity contribution in [3.05, 3.63) is 42.1 Å². The fourth-order valence-corrected chi connectivity index (χ4v) is 1.55. The smallest absolute Gasteiger partial charge is 0.0953 e. The summed E-state index contributed by atoms with van der Waals surface area (Å²) in [7, 11) is 0. The zero-order valence-electron chi connectivity index (χ0n) is 9.41. The third-order valence-electron chi connectivity index (χ3n) is 2.45. The van der Waals surface area contributed by atoms with Gasteiger partial charge in [-0.05, 0) is 19.1 Å². The van der Waals surface area contributed by atoms with Crippen LogP contribution in [0.3, 0.4) is 0 Å². The number of hydrogen-bond donors (Lipinski definition) is 2. The Morgan fingerprint density at radius 2 is 1.88 bits per heavy atom. The molecule has 1 heterocycles. The third-order valence-corrected chi connectivity index (χ3v) is 2.45. The largest absolute Gasteiger partial charge is 0.387 e. The summed E-state index contributed by atoms with van der Waals surface area (Å²) in [4.78, 5) is 4.27. The average Bonchev–Trinajstić information content (AvgIpc) is 2.27. The number of rotatable bonds is 2. The average molecular weight is 275 g/mol. The Morgan fingerprint density at radius 3 is 2.53 bits per heavy atom. The minimum absolute atomic E-state index is 0. The van der Waals surface area contributed by atoms with Gasteiger partial charge in [0.2, 0.25) is 0 Å². The number of nitrogens with zero attached hydrogens (tertiary/aromatic N) is 1. The van der Waals surface area contributed by atoms with Crippen LogP contribution in [0.5, 0.6) is 0 Å². The van der Waals surface area contributed by atoms with Crippen molar-refractivity contribution in [2.24, 2.45) is 5.73 Å². The lowest BCUT2D eigenvalue weighted by atomic mass is 10.0. The summed E-state index contributed by atoms with van der Waals surface area (Å²) in [5.41, 5.74) is 7.33. The number of para-hydroxylation sites is 1. The van der Waals surface area contributed by atoms with E-state index in [0.29, 0.717) is 0 Å². The first-order valence-corrected chi connectivity index (χ1v) is 4.97. The third kappa shape index (κ3) is 3.54. The van der Waals surface area contributed by atoms with Crippen LogP contribution in [-0.4, -0.2) is 16.1 Å². The fraction of sp³-hybridized carbons (Fsp3) is 0.250. The van der Waals surface area contributed by atoms with Crippen molar-refractivity contribution in [1.82, 2.24) is 4.98 Å². The van der Waals surface area contributed by atoms with Crippen molar-refractivity contribution in [3.63, 3.8) is 0 Å². The Morgan fingerprint density at radius 1 is 1.24 bits per heavy atom. The van der Waals surface area contributed by atoms with Crippen LogP contribution in [0.15, 0.2) is 36.5 Å². The van der Waals surface area contributed by atoms with Crippen LogP contribution in [0.2, 0.25) is 0 Å². The summed E-state index contributed by atoms with van der Waals surface area (Å²) in [6.07, 6.45) is 1.03. The van der Waals surface area contributed by atoms with Crippen molar-refractivity contribution in [1.29, 1.82) is 0 Å². The number of nitrogens with two attached hydrogens (primary N) is 1. The molecule has 0 amide bonds. The molecule has 3 N–H and O–H groups in total. The molecule has 0 aliphatic carbocycles. The highest BCUT2D eigenvalue weighted by molar-refractivity contribution is 5.85. The molecule has 0 saturated heterocycles. The number of halogens is 2. The number of aliphatic hydroxyl groups is 1. The molecule has 3 nitrogen and oxygen atoms in total. The zero-order valence-corrected chi connectivity index (χ0v) is 11.0. The molecule has 5 heteroatoms. The van der Waals surface area contributed by atoms with Gasteiger partial charge in [-0.1, -0.05) is 18.2 Å². The van der Waals surface area contributed by atoms with E-state index in [4.69, 9.17) is 5.73 Å². The molecule has 2 rings (SSSR count). The van der Waals surface area contributed by atoms with Gasteiger partial charge >= 0.3 is 0 Å². The van der Waals surface area contributed by atoms with Gasteiger partial charge in [0, 0.05) is 23.2 Å². The van der Waals surface area contributed by atoms with Crippen molar-refractivity contribution < 1.29 is 5.11 Å². The molecule has 0 spiro atoms. The summed E-state index contributed by atoms with van der Waals surface area (Å²) >= 11 is 0. The molecule has 0 bridgehead atoms. The number of benzene rings is 1. The van der Waals surface area contributed by atoms with E-state index in [1.54, 1.807) is 13.1 Å². The van der Waals surface area contributed by atoms with E-state index in [1.165, 1.54) is 0 Å². The number of pyridine rings is 1. The Hall–Kier alpha value is -0.870. The summed E-state index contributed by atoms with van der Waals surface area (Å²) in [5.74, 6) is 0. The summed E-state index contributed by atoms with van der Waals surface area (Å²) in [6.45, 7) is 1.78. The summed E-state index contributed by atoms with van der Waals surface area (Å²) < 4.78 is 0. The van der Waals surface area contributed by atoms with Crippen LogP contribution in [0.4, 0.5) is 0 Å². The molecular weight excluding hydrogens is 259 g/mol. The van der Waals surface area contributed by atoms with E-state index in [0.717, 1.165) is 16.5 Å². The SMILES string of the molecule is C[C@H](N)[C@H](O)c1cnc2ccccc2c1.Cl.Cl. The fourth-order valence-electron chi connectivity index (χ4n) is 1.55. The van der Waals surface area contributed by atoms with Gasteiger partial charge in [0.1, 0.15) is 0 Å². The van der Waals surface area contributed by atoms with Gasteiger partial charge in [-0.25, -0.2) is 0 Å². The highest BCUT2D eigenvalue weighted by atomic mass is 35.5. The van der Waals surface area contributed by atoms with Gasteiger partial charge in [0.15, 0.2) is 0 Å². The normalized spacial score (nSPS) is 13.4. The van der Waals surface area contributed by atoms with Gasteiger partial charge in [-0.2, -0.15) is 0 Å². The number of aliphatic hydroxyl groups excluding tert-OH is 1. The number of fused-ring (bicyclic) bond motifs is 1. The second-order valence-corrected chi connectivity index (χ2v) is 3.77. The topological polar surface area (TPSA) is 59.1 Å². The standard InChI is InChI=1S/C12H14N2O.2ClH/c1-8(13)12(15)10-6-9-4-2-3-5-11(9)14-7-10;;/h2-8,12,15H,13H2,1H3;2*1H/t8-,12-;;/m0../s1. The second kappa shape index (κ2) is 6.77. The molecule has 0 aliphatic heterocycles.